The van der Waals surface area contributed by atoms with Crippen molar-refractivity contribution in [2.45, 2.75) is 19.3 Å². The Kier molecular flexibility index (Phi) is 4.03. The molecule has 2 aromatic carbocycles. The maximum absolute atomic E-state index is 13.2. The number of aryl methyl sites for hydroxylation is 1. The van der Waals surface area contributed by atoms with Crippen LogP contribution in [0.4, 0.5) is 5.69 Å². The van der Waals surface area contributed by atoms with E-state index in [0.717, 1.165) is 39.2 Å². The molecule has 156 valence electrons. The molecule has 0 fully saturated rings. The molecule has 0 unspecified atom stereocenters. The standard InChI is InChI=1S/C26H24N2O3/c1-26(2)19-12-15(31-5)10-11-21(19)28(4)22(26)13-17-24(29)23(25(17)30)18-14-27(3)20-9-7-6-8-16(18)20/h6-14H,1-5H3/p+1. The van der Waals surface area contributed by atoms with Crippen LogP contribution in [-0.4, -0.2) is 39.9 Å². The number of carbonyl (C=O) groups excluding carboxylic acids is 1. The van der Waals surface area contributed by atoms with Crippen LogP contribution in [0.1, 0.15) is 25.0 Å². The largest absolute Gasteiger partial charge is 0.506 e. The first-order valence-corrected chi connectivity index (χ1v) is 10.3. The van der Waals surface area contributed by atoms with Gasteiger partial charge in [0.2, 0.25) is 11.5 Å². The second kappa shape index (κ2) is 6.45. The van der Waals surface area contributed by atoms with Crippen molar-refractivity contribution in [2.24, 2.45) is 7.05 Å². The van der Waals surface area contributed by atoms with Crippen molar-refractivity contribution in [3.63, 3.8) is 0 Å². The molecule has 3 aromatic rings. The van der Waals surface area contributed by atoms with Crippen molar-refractivity contribution in [1.82, 2.24) is 4.57 Å². The Labute approximate surface area is 181 Å². The van der Waals surface area contributed by atoms with Crippen LogP contribution in [0.5, 0.6) is 5.75 Å². The molecule has 0 saturated heterocycles. The number of ether oxygens (including phenoxy) is 1. The summed E-state index contributed by atoms with van der Waals surface area (Å²) in [4.78, 5) is 13.2. The molecule has 0 spiro atoms. The van der Waals surface area contributed by atoms with Crippen molar-refractivity contribution in [3.8, 4) is 5.75 Å². The normalized spacial score (nSPS) is 18.7. The third-order valence-electron chi connectivity index (χ3n) is 6.65. The van der Waals surface area contributed by atoms with E-state index in [1.165, 1.54) is 0 Å². The van der Waals surface area contributed by atoms with Gasteiger partial charge in [-0.1, -0.05) is 18.2 Å². The van der Waals surface area contributed by atoms with Crippen LogP contribution in [0.3, 0.4) is 0 Å². The number of nitrogens with zero attached hydrogens (tertiary/aromatic N) is 2. The molecule has 5 rings (SSSR count). The van der Waals surface area contributed by atoms with Crippen LogP contribution >= 0.6 is 0 Å². The molecule has 5 heteroatoms. The Morgan fingerprint density at radius 2 is 1.90 bits per heavy atom. The minimum absolute atomic E-state index is 0.0617. The number of hydrogen-bond donors (Lipinski definition) is 1. The van der Waals surface area contributed by atoms with Crippen molar-refractivity contribution in [2.75, 3.05) is 14.2 Å². The van der Waals surface area contributed by atoms with Crippen LogP contribution in [0.2, 0.25) is 0 Å². The number of rotatable bonds is 3. The molecule has 0 atom stereocenters. The lowest BCUT2D eigenvalue weighted by atomic mass is 9.77. The smallest absolute Gasteiger partial charge is 0.209 e. The first-order chi connectivity index (χ1) is 14.8. The van der Waals surface area contributed by atoms with E-state index in [1.807, 2.05) is 73.4 Å². The number of carbonyl (C=O) groups is 1. The van der Waals surface area contributed by atoms with E-state index in [2.05, 4.69) is 18.4 Å². The fourth-order valence-corrected chi connectivity index (χ4v) is 4.88. The van der Waals surface area contributed by atoms with E-state index in [4.69, 9.17) is 4.74 Å². The van der Waals surface area contributed by atoms with Crippen molar-refractivity contribution in [3.05, 3.63) is 77.2 Å². The third-order valence-corrected chi connectivity index (χ3v) is 6.65. The molecule has 0 saturated carbocycles. The SMILES string of the molecule is COc1ccc2c(c1)C(C)(C)C(/C=C1\C(=O)C(c3cn(C)c4ccccc34)=C1O)=[N+]2C. The molecule has 1 aliphatic carbocycles. The summed E-state index contributed by atoms with van der Waals surface area (Å²) in [6.45, 7) is 4.24. The van der Waals surface area contributed by atoms with Gasteiger partial charge in [0.15, 0.2) is 5.71 Å². The number of allylic oxidation sites excluding steroid dienone is 3. The molecular formula is C26H25N2O3+. The minimum Gasteiger partial charge on any atom is -0.506 e. The lowest BCUT2D eigenvalue weighted by Crippen LogP contribution is -2.30. The Hall–Kier alpha value is -3.60. The van der Waals surface area contributed by atoms with Gasteiger partial charge in [-0.25, -0.2) is 0 Å². The molecule has 5 nitrogen and oxygen atoms in total. The topological polar surface area (TPSA) is 54.5 Å². The highest BCUT2D eigenvalue weighted by atomic mass is 16.5. The molecule has 0 amide bonds. The van der Waals surface area contributed by atoms with Gasteiger partial charge in [-0.2, -0.15) is 4.58 Å². The van der Waals surface area contributed by atoms with Crippen LogP contribution in [0.25, 0.3) is 16.5 Å². The lowest BCUT2D eigenvalue weighted by Gasteiger charge is -2.22. The van der Waals surface area contributed by atoms with Crippen molar-refractivity contribution in [1.29, 1.82) is 0 Å². The van der Waals surface area contributed by atoms with E-state index in [0.29, 0.717) is 11.1 Å². The summed E-state index contributed by atoms with van der Waals surface area (Å²) in [5.74, 6) is 0.737. The number of Topliss-reactive ketones (excluding diaryl/α,β-unsaturated/α-hetero) is 1. The van der Waals surface area contributed by atoms with Gasteiger partial charge in [-0.05, 0) is 32.0 Å². The second-order valence-corrected chi connectivity index (χ2v) is 8.73. The molecule has 1 aromatic heterocycles. The number of methoxy groups -OCH3 is 1. The number of hydrogen-bond acceptors (Lipinski definition) is 3. The molecule has 0 bridgehead atoms. The summed E-state index contributed by atoms with van der Waals surface area (Å²) in [7, 11) is 5.59. The zero-order valence-electron chi connectivity index (χ0n) is 18.4. The van der Waals surface area contributed by atoms with Gasteiger partial charge in [-0.3, -0.25) is 4.79 Å². The Morgan fingerprint density at radius 1 is 1.16 bits per heavy atom. The fraction of sp³-hybridized carbons (Fsp3) is 0.231. The quantitative estimate of drug-likeness (QED) is 0.501. The number of aliphatic hydroxyl groups excluding tert-OH is 1. The monoisotopic (exact) mass is 413 g/mol. The molecule has 2 aliphatic rings. The van der Waals surface area contributed by atoms with Crippen molar-refractivity contribution >= 4 is 33.7 Å². The molecule has 0 radical (unpaired) electrons. The third kappa shape index (κ3) is 2.56. The Balaban J connectivity index is 1.61. The minimum atomic E-state index is -0.332. The van der Waals surface area contributed by atoms with Crippen molar-refractivity contribution < 1.29 is 19.2 Å². The summed E-state index contributed by atoms with van der Waals surface area (Å²) in [5, 5.41) is 11.9. The van der Waals surface area contributed by atoms with Crippen LogP contribution in [-0.2, 0) is 17.3 Å². The molecule has 1 N–H and O–H groups in total. The van der Waals surface area contributed by atoms with Gasteiger partial charge < -0.3 is 14.4 Å². The average molecular weight is 413 g/mol. The zero-order chi connectivity index (χ0) is 22.1. The molecular weight excluding hydrogens is 388 g/mol. The van der Waals surface area contributed by atoms with E-state index in [1.54, 1.807) is 7.11 Å². The number of aromatic nitrogens is 1. The molecule has 2 heterocycles. The maximum Gasteiger partial charge on any atom is 0.209 e. The summed E-state index contributed by atoms with van der Waals surface area (Å²) in [5.41, 5.74) is 5.38. The van der Waals surface area contributed by atoms with E-state index < -0.39 is 0 Å². The summed E-state index contributed by atoms with van der Waals surface area (Å²) < 4.78 is 9.46. The van der Waals surface area contributed by atoms with Crippen LogP contribution in [0, 0.1) is 0 Å². The predicted molar refractivity (Wildman–Crippen MR) is 122 cm³/mol. The summed E-state index contributed by atoms with van der Waals surface area (Å²) in [6, 6.07) is 13.9. The van der Waals surface area contributed by atoms with Gasteiger partial charge in [0, 0.05) is 47.4 Å². The van der Waals surface area contributed by atoms with Gasteiger partial charge in [-0.15, -0.1) is 0 Å². The van der Waals surface area contributed by atoms with Crippen LogP contribution in [0.15, 0.2) is 66.1 Å². The number of fused-ring (bicyclic) bond motifs is 2. The van der Waals surface area contributed by atoms with E-state index in [-0.39, 0.29) is 17.0 Å². The van der Waals surface area contributed by atoms with E-state index >= 15 is 0 Å². The first kappa shape index (κ1) is 19.4. The van der Waals surface area contributed by atoms with Gasteiger partial charge >= 0.3 is 0 Å². The van der Waals surface area contributed by atoms with E-state index in [9.17, 15) is 9.90 Å². The average Bonchev–Trinajstić information content (AvgIpc) is 3.18. The number of aliphatic hydroxyl groups is 1. The number of benzene rings is 2. The summed E-state index contributed by atoms with van der Waals surface area (Å²) >= 11 is 0. The fourth-order valence-electron chi connectivity index (χ4n) is 4.88. The highest BCUT2D eigenvalue weighted by molar-refractivity contribution is 6.41. The second-order valence-electron chi connectivity index (χ2n) is 8.73. The highest BCUT2D eigenvalue weighted by Gasteiger charge is 2.46. The van der Waals surface area contributed by atoms with Gasteiger partial charge in [0.05, 0.1) is 23.7 Å². The first-order valence-electron chi connectivity index (χ1n) is 10.3. The Bertz CT molecular complexity index is 1380. The lowest BCUT2D eigenvalue weighted by molar-refractivity contribution is -0.401. The number of ketones is 1. The predicted octanol–water partition coefficient (Wildman–Crippen LogP) is 4.67. The molecule has 1 aliphatic heterocycles. The Morgan fingerprint density at radius 3 is 2.61 bits per heavy atom. The highest BCUT2D eigenvalue weighted by Crippen LogP contribution is 2.44. The summed E-state index contributed by atoms with van der Waals surface area (Å²) in [6.07, 6.45) is 3.74. The number of para-hydroxylation sites is 1. The van der Waals surface area contributed by atoms with Gasteiger partial charge in [0.25, 0.3) is 0 Å². The van der Waals surface area contributed by atoms with Crippen LogP contribution < -0.4 is 4.74 Å². The zero-order valence-corrected chi connectivity index (χ0v) is 18.4. The molecule has 31 heavy (non-hydrogen) atoms. The maximum atomic E-state index is 13.2. The van der Waals surface area contributed by atoms with Gasteiger partial charge in [0.1, 0.15) is 18.6 Å².